The van der Waals surface area contributed by atoms with Crippen LogP contribution in [-0.4, -0.2) is 89.1 Å². The van der Waals surface area contributed by atoms with Gasteiger partial charge < -0.3 is 29.7 Å². The average molecular weight is 559 g/mol. The second-order valence-electron chi connectivity index (χ2n) is 8.61. The van der Waals surface area contributed by atoms with Crippen LogP contribution in [0.4, 0.5) is 5.69 Å². The Morgan fingerprint density at radius 2 is 1.91 bits per heavy atom. The van der Waals surface area contributed by atoms with Gasteiger partial charge in [0.05, 0.1) is 33.5 Å². The van der Waals surface area contributed by atoms with Gasteiger partial charge in [0.2, 0.25) is 0 Å². The van der Waals surface area contributed by atoms with Gasteiger partial charge in [-0.2, -0.15) is 0 Å². The summed E-state index contributed by atoms with van der Waals surface area (Å²) in [5.74, 6) is 2.51. The van der Waals surface area contributed by atoms with Gasteiger partial charge in [0.1, 0.15) is 11.5 Å². The van der Waals surface area contributed by atoms with E-state index in [0.717, 1.165) is 62.4 Å². The van der Waals surface area contributed by atoms with Crippen molar-refractivity contribution in [2.75, 3.05) is 65.0 Å². The molecule has 1 aromatic carbocycles. The molecule has 180 valence electrons. The van der Waals surface area contributed by atoms with Crippen molar-refractivity contribution in [1.82, 2.24) is 15.5 Å². The minimum atomic E-state index is 0. The SMILES string of the molecule is CCNC(=NCC1CN2CCCC2CO1)NC1CCN(c2cc(OC)cc(OC)c2)C1.I. The maximum atomic E-state index is 6.07. The summed E-state index contributed by atoms with van der Waals surface area (Å²) in [5.41, 5.74) is 1.12. The van der Waals surface area contributed by atoms with Crippen molar-refractivity contribution >= 4 is 35.6 Å². The van der Waals surface area contributed by atoms with Gasteiger partial charge in [-0.05, 0) is 32.7 Å². The lowest BCUT2D eigenvalue weighted by Crippen LogP contribution is -2.48. The highest BCUT2D eigenvalue weighted by atomic mass is 127. The second-order valence-corrected chi connectivity index (χ2v) is 8.61. The normalized spacial score (nSPS) is 25.8. The number of hydrogen-bond acceptors (Lipinski definition) is 6. The molecule has 0 aliphatic carbocycles. The van der Waals surface area contributed by atoms with E-state index >= 15 is 0 Å². The van der Waals surface area contributed by atoms with Gasteiger partial charge in [-0.25, -0.2) is 0 Å². The van der Waals surface area contributed by atoms with Crippen LogP contribution in [0.1, 0.15) is 26.2 Å². The molecule has 0 bridgehead atoms. The maximum absolute atomic E-state index is 6.07. The zero-order valence-electron chi connectivity index (χ0n) is 19.5. The van der Waals surface area contributed by atoms with Crippen LogP contribution in [-0.2, 0) is 4.74 Å². The topological polar surface area (TPSA) is 70.6 Å². The fourth-order valence-electron chi connectivity index (χ4n) is 4.79. The molecule has 1 aromatic rings. The Labute approximate surface area is 209 Å². The molecular formula is C23H38IN5O3. The Morgan fingerprint density at radius 1 is 1.12 bits per heavy atom. The Morgan fingerprint density at radius 3 is 2.62 bits per heavy atom. The van der Waals surface area contributed by atoms with Crippen molar-refractivity contribution in [3.05, 3.63) is 18.2 Å². The number of guanidine groups is 1. The first-order valence-electron chi connectivity index (χ1n) is 11.6. The number of ether oxygens (including phenoxy) is 3. The lowest BCUT2D eigenvalue weighted by atomic mass is 10.2. The van der Waals surface area contributed by atoms with Crippen LogP contribution < -0.4 is 25.0 Å². The summed E-state index contributed by atoms with van der Waals surface area (Å²) in [4.78, 5) is 9.79. The third-order valence-corrected chi connectivity index (χ3v) is 6.49. The van der Waals surface area contributed by atoms with E-state index in [1.807, 2.05) is 6.07 Å². The van der Waals surface area contributed by atoms with Crippen molar-refractivity contribution in [3.63, 3.8) is 0 Å². The fourth-order valence-corrected chi connectivity index (χ4v) is 4.79. The number of nitrogens with zero attached hydrogens (tertiary/aromatic N) is 3. The van der Waals surface area contributed by atoms with Crippen LogP contribution in [0.25, 0.3) is 0 Å². The Kier molecular flexibility index (Phi) is 9.54. The first-order chi connectivity index (χ1) is 15.2. The molecule has 4 rings (SSSR count). The molecule has 3 aliphatic heterocycles. The third kappa shape index (κ3) is 6.32. The number of fused-ring (bicyclic) bond motifs is 1. The number of methoxy groups -OCH3 is 2. The molecule has 3 heterocycles. The molecule has 3 aliphatic rings. The van der Waals surface area contributed by atoms with Gasteiger partial charge in [0.15, 0.2) is 5.96 Å². The number of nitrogens with one attached hydrogen (secondary N) is 2. The van der Waals surface area contributed by atoms with E-state index in [0.29, 0.717) is 18.6 Å². The summed E-state index contributed by atoms with van der Waals surface area (Å²) in [5, 5.41) is 7.02. The third-order valence-electron chi connectivity index (χ3n) is 6.49. The van der Waals surface area contributed by atoms with Gasteiger partial charge in [0, 0.05) is 62.1 Å². The number of aliphatic imine (C=N–C) groups is 1. The molecule has 0 amide bonds. The quantitative estimate of drug-likeness (QED) is 0.302. The number of morpholine rings is 1. The molecule has 0 saturated carbocycles. The maximum Gasteiger partial charge on any atom is 0.191 e. The predicted octanol–water partition coefficient (Wildman–Crippen LogP) is 2.32. The average Bonchev–Trinajstić information content (AvgIpc) is 3.46. The van der Waals surface area contributed by atoms with E-state index in [1.165, 1.54) is 19.4 Å². The Hall–Kier alpha value is -1.46. The summed E-state index contributed by atoms with van der Waals surface area (Å²) in [7, 11) is 3.37. The van der Waals surface area contributed by atoms with Crippen LogP contribution in [0, 0.1) is 0 Å². The summed E-state index contributed by atoms with van der Waals surface area (Å²) in [6.07, 6.45) is 3.82. The highest BCUT2D eigenvalue weighted by molar-refractivity contribution is 14.0. The molecule has 9 heteroatoms. The summed E-state index contributed by atoms with van der Waals surface area (Å²) >= 11 is 0. The van der Waals surface area contributed by atoms with Crippen molar-refractivity contribution < 1.29 is 14.2 Å². The fraction of sp³-hybridized carbons (Fsp3) is 0.696. The van der Waals surface area contributed by atoms with E-state index < -0.39 is 0 Å². The number of hydrogen-bond donors (Lipinski definition) is 2. The molecule has 3 unspecified atom stereocenters. The molecule has 3 fully saturated rings. The van der Waals surface area contributed by atoms with E-state index in [9.17, 15) is 0 Å². The lowest BCUT2D eigenvalue weighted by molar-refractivity contribution is -0.0432. The first kappa shape index (κ1) is 25.2. The number of benzene rings is 1. The zero-order valence-corrected chi connectivity index (χ0v) is 21.8. The molecule has 3 saturated heterocycles. The molecular weight excluding hydrogens is 521 g/mol. The molecule has 0 aromatic heterocycles. The van der Waals surface area contributed by atoms with Crippen molar-refractivity contribution in [3.8, 4) is 11.5 Å². The van der Waals surface area contributed by atoms with Crippen LogP contribution in [0.15, 0.2) is 23.2 Å². The smallest absolute Gasteiger partial charge is 0.191 e. The lowest BCUT2D eigenvalue weighted by Gasteiger charge is -2.34. The van der Waals surface area contributed by atoms with Crippen LogP contribution in [0.2, 0.25) is 0 Å². The minimum Gasteiger partial charge on any atom is -0.497 e. The molecule has 32 heavy (non-hydrogen) atoms. The van der Waals surface area contributed by atoms with Crippen molar-refractivity contribution in [2.45, 2.75) is 44.4 Å². The Balaban J connectivity index is 0.00000289. The number of rotatable bonds is 7. The highest BCUT2D eigenvalue weighted by Crippen LogP contribution is 2.30. The summed E-state index contributed by atoms with van der Waals surface area (Å²) < 4.78 is 16.9. The van der Waals surface area contributed by atoms with Gasteiger partial charge in [0.25, 0.3) is 0 Å². The monoisotopic (exact) mass is 559 g/mol. The van der Waals surface area contributed by atoms with Crippen LogP contribution in [0.3, 0.4) is 0 Å². The largest absolute Gasteiger partial charge is 0.497 e. The van der Waals surface area contributed by atoms with Gasteiger partial charge in [-0.3, -0.25) is 9.89 Å². The molecule has 3 atom stereocenters. The molecule has 2 N–H and O–H groups in total. The molecule has 0 radical (unpaired) electrons. The minimum absolute atomic E-state index is 0. The standard InChI is InChI=1S/C23H37N5O3.HI/c1-4-24-23(25-13-22-15-27-8-5-6-18(27)16-31-22)26-17-7-9-28(14-17)19-10-20(29-2)12-21(11-19)30-3;/h10-12,17-18,22H,4-9,13-16H2,1-3H3,(H2,24,25,26);1H. The van der Waals surface area contributed by atoms with Gasteiger partial charge >= 0.3 is 0 Å². The summed E-state index contributed by atoms with van der Waals surface area (Å²) in [6.45, 7) is 8.60. The van der Waals surface area contributed by atoms with Crippen LogP contribution in [0.5, 0.6) is 11.5 Å². The number of anilines is 1. The van der Waals surface area contributed by atoms with Gasteiger partial charge in [-0.15, -0.1) is 24.0 Å². The first-order valence-corrected chi connectivity index (χ1v) is 11.6. The Bertz CT molecular complexity index is 743. The van der Waals surface area contributed by atoms with E-state index in [2.05, 4.69) is 39.5 Å². The highest BCUT2D eigenvalue weighted by Gasteiger charge is 2.32. The second kappa shape index (κ2) is 12.1. The van der Waals surface area contributed by atoms with Gasteiger partial charge in [-0.1, -0.05) is 0 Å². The predicted molar refractivity (Wildman–Crippen MR) is 139 cm³/mol. The van der Waals surface area contributed by atoms with E-state index in [1.54, 1.807) is 14.2 Å². The van der Waals surface area contributed by atoms with Crippen molar-refractivity contribution in [1.29, 1.82) is 0 Å². The van der Waals surface area contributed by atoms with E-state index in [4.69, 9.17) is 19.2 Å². The molecule has 8 nitrogen and oxygen atoms in total. The molecule has 0 spiro atoms. The van der Waals surface area contributed by atoms with E-state index in [-0.39, 0.29) is 30.1 Å². The summed E-state index contributed by atoms with van der Waals surface area (Å²) in [6, 6.07) is 7.01. The van der Waals surface area contributed by atoms with Crippen LogP contribution >= 0.6 is 24.0 Å². The zero-order chi connectivity index (χ0) is 21.6. The van der Waals surface area contributed by atoms with Crippen molar-refractivity contribution in [2.24, 2.45) is 4.99 Å². The number of halogens is 1.